The van der Waals surface area contributed by atoms with Crippen LogP contribution in [0, 0.1) is 0 Å². The number of anilines is 2. The predicted molar refractivity (Wildman–Crippen MR) is 81.3 cm³/mol. The first kappa shape index (κ1) is 13.7. The van der Waals surface area contributed by atoms with Crippen molar-refractivity contribution in [2.24, 2.45) is 0 Å². The summed E-state index contributed by atoms with van der Waals surface area (Å²) in [6.07, 6.45) is 7.30. The van der Waals surface area contributed by atoms with Gasteiger partial charge in [0.15, 0.2) is 5.82 Å². The highest BCUT2D eigenvalue weighted by molar-refractivity contribution is 6.29. The predicted octanol–water partition coefficient (Wildman–Crippen LogP) is 3.60. The zero-order chi connectivity index (χ0) is 14.1. The van der Waals surface area contributed by atoms with Gasteiger partial charge in [-0.25, -0.2) is 4.98 Å². The lowest BCUT2D eigenvalue weighted by atomic mass is 10.0. The molecule has 1 N–H and O–H groups in total. The largest absolute Gasteiger partial charge is 0.340 e. The van der Waals surface area contributed by atoms with Crippen LogP contribution in [0.4, 0.5) is 11.5 Å². The summed E-state index contributed by atoms with van der Waals surface area (Å²) in [7, 11) is 0. The number of aromatic nitrogens is 1. The first-order valence-electron chi connectivity index (χ1n) is 7.42. The standard InChI is InChI=1S/C15H20ClN3O/c1-10-15(20)17-12-8-9-13(16)18-14(12)19(10)11-6-4-2-3-5-7-11/h8-11H,2-7H2,1H3,(H,17,20)/t10-/m1/s1. The lowest BCUT2D eigenvalue weighted by molar-refractivity contribution is -0.117. The Balaban J connectivity index is 1.99. The molecule has 2 aliphatic rings. The number of carbonyl (C=O) groups is 1. The summed E-state index contributed by atoms with van der Waals surface area (Å²) in [6.45, 7) is 1.95. The van der Waals surface area contributed by atoms with Crippen LogP contribution >= 0.6 is 11.6 Å². The van der Waals surface area contributed by atoms with Gasteiger partial charge in [-0.15, -0.1) is 0 Å². The van der Waals surface area contributed by atoms with Crippen LogP contribution in [-0.2, 0) is 4.79 Å². The van der Waals surface area contributed by atoms with E-state index in [1.807, 2.05) is 13.0 Å². The van der Waals surface area contributed by atoms with E-state index in [9.17, 15) is 4.79 Å². The van der Waals surface area contributed by atoms with E-state index in [-0.39, 0.29) is 11.9 Å². The molecule has 108 valence electrons. The molecule has 5 heteroatoms. The lowest BCUT2D eigenvalue weighted by Crippen LogP contribution is -2.51. The summed E-state index contributed by atoms with van der Waals surface area (Å²) in [5.74, 6) is 0.877. The van der Waals surface area contributed by atoms with Crippen LogP contribution in [-0.4, -0.2) is 23.0 Å². The third-order valence-corrected chi connectivity index (χ3v) is 4.57. The number of hydrogen-bond donors (Lipinski definition) is 1. The minimum atomic E-state index is -0.184. The number of nitrogens with zero attached hydrogens (tertiary/aromatic N) is 2. The summed E-state index contributed by atoms with van der Waals surface area (Å²) in [5, 5.41) is 3.40. The normalized spacial score (nSPS) is 24.0. The Hall–Kier alpha value is -1.29. The molecule has 1 aromatic rings. The molecule has 2 heterocycles. The van der Waals surface area contributed by atoms with E-state index in [0.29, 0.717) is 11.2 Å². The molecule has 1 fully saturated rings. The highest BCUT2D eigenvalue weighted by atomic mass is 35.5. The molecular weight excluding hydrogens is 274 g/mol. The van der Waals surface area contributed by atoms with Crippen molar-refractivity contribution in [1.29, 1.82) is 0 Å². The molecule has 1 aliphatic carbocycles. The number of halogens is 1. The smallest absolute Gasteiger partial charge is 0.246 e. The molecule has 0 spiro atoms. The molecule has 4 nitrogen and oxygen atoms in total. The molecule has 3 rings (SSSR count). The molecule has 1 atom stereocenters. The molecule has 20 heavy (non-hydrogen) atoms. The average Bonchev–Trinajstić information content (AvgIpc) is 2.70. The van der Waals surface area contributed by atoms with Gasteiger partial charge in [0, 0.05) is 6.04 Å². The van der Waals surface area contributed by atoms with E-state index in [0.717, 1.165) is 24.3 Å². The maximum Gasteiger partial charge on any atom is 0.246 e. The van der Waals surface area contributed by atoms with Gasteiger partial charge >= 0.3 is 0 Å². The molecule has 1 saturated carbocycles. The van der Waals surface area contributed by atoms with Gasteiger partial charge in [-0.05, 0) is 31.9 Å². The van der Waals surface area contributed by atoms with Crippen molar-refractivity contribution >= 4 is 29.0 Å². The fraction of sp³-hybridized carbons (Fsp3) is 0.600. The van der Waals surface area contributed by atoms with E-state index in [4.69, 9.17) is 11.6 Å². The Kier molecular flexibility index (Phi) is 3.83. The van der Waals surface area contributed by atoms with Gasteiger partial charge in [0.2, 0.25) is 5.91 Å². The van der Waals surface area contributed by atoms with Crippen molar-refractivity contribution in [2.45, 2.75) is 57.5 Å². The maximum atomic E-state index is 12.2. The van der Waals surface area contributed by atoms with Crippen molar-refractivity contribution in [3.05, 3.63) is 17.3 Å². The first-order valence-corrected chi connectivity index (χ1v) is 7.80. The van der Waals surface area contributed by atoms with Crippen molar-refractivity contribution in [3.8, 4) is 0 Å². The highest BCUT2D eigenvalue weighted by Gasteiger charge is 2.35. The van der Waals surface area contributed by atoms with E-state index >= 15 is 0 Å². The number of nitrogens with one attached hydrogen (secondary N) is 1. The van der Waals surface area contributed by atoms with Crippen molar-refractivity contribution in [1.82, 2.24) is 4.98 Å². The highest BCUT2D eigenvalue weighted by Crippen LogP contribution is 2.36. The summed E-state index contributed by atoms with van der Waals surface area (Å²) < 4.78 is 0. The maximum absolute atomic E-state index is 12.2. The van der Waals surface area contributed by atoms with Gasteiger partial charge in [-0.2, -0.15) is 0 Å². The Morgan fingerprint density at radius 1 is 1.25 bits per heavy atom. The monoisotopic (exact) mass is 293 g/mol. The summed E-state index contributed by atoms with van der Waals surface area (Å²) in [6, 6.07) is 3.78. The molecule has 1 amide bonds. The van der Waals surface area contributed by atoms with E-state index < -0.39 is 0 Å². The van der Waals surface area contributed by atoms with E-state index in [1.54, 1.807) is 6.07 Å². The van der Waals surface area contributed by atoms with Crippen molar-refractivity contribution < 1.29 is 4.79 Å². The molecule has 0 saturated heterocycles. The van der Waals surface area contributed by atoms with Gasteiger partial charge in [0.25, 0.3) is 0 Å². The van der Waals surface area contributed by atoms with Crippen molar-refractivity contribution in [2.75, 3.05) is 10.2 Å². The minimum absolute atomic E-state index is 0.0471. The van der Waals surface area contributed by atoms with Crippen molar-refractivity contribution in [3.63, 3.8) is 0 Å². The Bertz CT molecular complexity index is 512. The molecular formula is C15H20ClN3O. The Labute approximate surface area is 124 Å². The third kappa shape index (κ3) is 2.49. The second kappa shape index (κ2) is 5.60. The summed E-state index contributed by atoms with van der Waals surface area (Å²) >= 11 is 6.05. The van der Waals surface area contributed by atoms with Gasteiger partial charge < -0.3 is 10.2 Å². The topological polar surface area (TPSA) is 45.2 Å². The number of rotatable bonds is 1. The van der Waals surface area contributed by atoms with E-state index in [2.05, 4.69) is 15.2 Å². The second-order valence-electron chi connectivity index (χ2n) is 5.72. The van der Waals surface area contributed by atoms with Crippen LogP contribution in [0.15, 0.2) is 12.1 Å². The molecule has 0 radical (unpaired) electrons. The number of pyridine rings is 1. The quantitative estimate of drug-likeness (QED) is 0.635. The molecule has 0 bridgehead atoms. The number of fused-ring (bicyclic) bond motifs is 1. The minimum Gasteiger partial charge on any atom is -0.340 e. The lowest BCUT2D eigenvalue weighted by Gasteiger charge is -2.40. The molecule has 1 aromatic heterocycles. The van der Waals surface area contributed by atoms with Gasteiger partial charge in [-0.3, -0.25) is 4.79 Å². The SMILES string of the molecule is C[C@@H]1C(=O)Nc2ccc(Cl)nc2N1C1CCCCCC1. The van der Waals surface area contributed by atoms with Gasteiger partial charge in [0.1, 0.15) is 11.2 Å². The number of amides is 1. The van der Waals surface area contributed by atoms with Gasteiger partial charge in [-0.1, -0.05) is 37.3 Å². The molecule has 1 aliphatic heterocycles. The number of carbonyl (C=O) groups excluding carboxylic acids is 1. The summed E-state index contributed by atoms with van der Waals surface area (Å²) in [5.41, 5.74) is 0.779. The fourth-order valence-electron chi connectivity index (χ4n) is 3.29. The zero-order valence-corrected chi connectivity index (χ0v) is 12.5. The van der Waals surface area contributed by atoms with E-state index in [1.165, 1.54) is 25.7 Å². The Morgan fingerprint density at radius 2 is 1.95 bits per heavy atom. The Morgan fingerprint density at radius 3 is 2.65 bits per heavy atom. The zero-order valence-electron chi connectivity index (χ0n) is 11.7. The van der Waals surface area contributed by atoms with Crippen LogP contribution in [0.2, 0.25) is 5.15 Å². The second-order valence-corrected chi connectivity index (χ2v) is 6.11. The third-order valence-electron chi connectivity index (χ3n) is 4.36. The fourth-order valence-corrected chi connectivity index (χ4v) is 3.43. The van der Waals surface area contributed by atoms with Crippen LogP contribution < -0.4 is 10.2 Å². The summed E-state index contributed by atoms with van der Waals surface area (Å²) in [4.78, 5) is 18.8. The molecule has 0 aromatic carbocycles. The van der Waals surface area contributed by atoms with Gasteiger partial charge in [0.05, 0.1) is 5.69 Å². The first-order chi connectivity index (χ1) is 9.66. The van der Waals surface area contributed by atoms with Crippen LogP contribution in [0.5, 0.6) is 0 Å². The average molecular weight is 294 g/mol. The number of hydrogen-bond acceptors (Lipinski definition) is 3. The molecule has 0 unspecified atom stereocenters. The van der Waals surface area contributed by atoms with Crippen LogP contribution in [0.1, 0.15) is 45.4 Å². The van der Waals surface area contributed by atoms with Crippen LogP contribution in [0.25, 0.3) is 0 Å². The van der Waals surface area contributed by atoms with Crippen LogP contribution in [0.3, 0.4) is 0 Å².